The van der Waals surface area contributed by atoms with E-state index in [0.717, 1.165) is 0 Å². The summed E-state index contributed by atoms with van der Waals surface area (Å²) in [5, 5.41) is 8.92. The Morgan fingerprint density at radius 1 is 1.40 bits per heavy atom. The Hall–Kier alpha value is -1.96. The van der Waals surface area contributed by atoms with Gasteiger partial charge >= 0.3 is 0 Å². The highest BCUT2D eigenvalue weighted by Gasteiger charge is 2.16. The van der Waals surface area contributed by atoms with Crippen LogP contribution >= 0.6 is 0 Å². The van der Waals surface area contributed by atoms with E-state index in [2.05, 4.69) is 6.07 Å². The van der Waals surface area contributed by atoms with Crippen LogP contribution in [0.15, 0.2) is 12.1 Å². The van der Waals surface area contributed by atoms with Crippen LogP contribution in [0, 0.1) is 23.1 Å². The fourth-order valence-corrected chi connectivity index (χ4v) is 1.95. The molecule has 2 N–H and O–H groups in total. The van der Waals surface area contributed by atoms with Gasteiger partial charge in [0.2, 0.25) is 0 Å². The number of halogens is 1. The van der Waals surface area contributed by atoms with E-state index in [-0.39, 0.29) is 17.8 Å². The predicted octanol–water partition coefficient (Wildman–Crippen LogP) is 3.18. The third-order valence-corrected chi connectivity index (χ3v) is 2.88. The largest absolute Gasteiger partial charge is 0.488 e. The molecule has 20 heavy (non-hydrogen) atoms. The van der Waals surface area contributed by atoms with Gasteiger partial charge in [0.05, 0.1) is 29.5 Å². The first-order chi connectivity index (χ1) is 9.38. The topological polar surface area (TPSA) is 62.3 Å². The second-order valence-corrected chi connectivity index (χ2v) is 5.08. The van der Waals surface area contributed by atoms with Crippen LogP contribution in [0.5, 0.6) is 5.75 Å². The van der Waals surface area contributed by atoms with Crippen molar-refractivity contribution in [2.24, 2.45) is 5.92 Å². The van der Waals surface area contributed by atoms with Gasteiger partial charge in [-0.1, -0.05) is 0 Å². The molecule has 0 saturated heterocycles. The minimum atomic E-state index is -0.468. The molecule has 0 aliphatic carbocycles. The molecule has 0 radical (unpaired) electrons. The van der Waals surface area contributed by atoms with Gasteiger partial charge in [-0.25, -0.2) is 4.39 Å². The van der Waals surface area contributed by atoms with Crippen molar-refractivity contribution in [2.45, 2.75) is 33.8 Å². The lowest BCUT2D eigenvalue weighted by Gasteiger charge is -2.26. The number of benzene rings is 1. The fraction of sp³-hybridized carbons (Fsp3) is 0.533. The van der Waals surface area contributed by atoms with Crippen LogP contribution in [0.1, 0.15) is 27.7 Å². The predicted molar refractivity (Wildman–Crippen MR) is 79.2 cm³/mol. The summed E-state index contributed by atoms with van der Waals surface area (Å²) in [5.41, 5.74) is 6.95. The van der Waals surface area contributed by atoms with Gasteiger partial charge in [-0.2, -0.15) is 5.26 Å². The maximum Gasteiger partial charge on any atom is 0.167 e. The van der Waals surface area contributed by atoms with Gasteiger partial charge in [-0.15, -0.1) is 0 Å². The molecule has 1 aromatic carbocycles. The number of rotatable bonds is 6. The Bertz CT molecular complexity index is 497. The van der Waals surface area contributed by atoms with Gasteiger partial charge in [0.25, 0.3) is 0 Å². The second kappa shape index (κ2) is 6.99. The minimum absolute atomic E-state index is 0.117. The van der Waals surface area contributed by atoms with Gasteiger partial charge < -0.3 is 15.4 Å². The number of nitrogens with two attached hydrogens (primary N) is 1. The van der Waals surface area contributed by atoms with E-state index in [1.54, 1.807) is 6.07 Å². The van der Waals surface area contributed by atoms with Crippen LogP contribution in [0.2, 0.25) is 0 Å². The lowest BCUT2D eigenvalue weighted by atomic mass is 10.1. The highest BCUT2D eigenvalue weighted by molar-refractivity contribution is 5.70. The van der Waals surface area contributed by atoms with Gasteiger partial charge in [-0.3, -0.25) is 0 Å². The van der Waals surface area contributed by atoms with Gasteiger partial charge in [0.15, 0.2) is 11.6 Å². The summed E-state index contributed by atoms with van der Waals surface area (Å²) in [5.74, 6) is -0.412. The molecule has 1 aromatic rings. The minimum Gasteiger partial charge on any atom is -0.488 e. The molecule has 0 amide bonds. The van der Waals surface area contributed by atoms with Crippen LogP contribution in [0.3, 0.4) is 0 Å². The summed E-state index contributed by atoms with van der Waals surface area (Å²) in [6, 6.07) is 5.07. The van der Waals surface area contributed by atoms with E-state index in [1.807, 2.05) is 32.6 Å². The molecule has 0 spiro atoms. The van der Waals surface area contributed by atoms with Crippen molar-refractivity contribution in [3.63, 3.8) is 0 Å². The number of hydrogen-bond donors (Lipinski definition) is 1. The zero-order chi connectivity index (χ0) is 15.3. The number of nitriles is 1. The van der Waals surface area contributed by atoms with Crippen molar-refractivity contribution in [3.05, 3.63) is 17.9 Å². The lowest BCUT2D eigenvalue weighted by Crippen LogP contribution is -2.28. The Morgan fingerprint density at radius 3 is 2.55 bits per heavy atom. The summed E-state index contributed by atoms with van der Waals surface area (Å²) >= 11 is 0. The van der Waals surface area contributed by atoms with Crippen molar-refractivity contribution in [1.82, 2.24) is 0 Å². The molecule has 0 aromatic heterocycles. The highest BCUT2D eigenvalue weighted by Crippen LogP contribution is 2.32. The van der Waals surface area contributed by atoms with E-state index in [4.69, 9.17) is 15.7 Å². The Labute approximate surface area is 119 Å². The average Bonchev–Trinajstić information content (AvgIpc) is 2.38. The third-order valence-electron chi connectivity index (χ3n) is 2.88. The molecule has 1 unspecified atom stereocenters. The van der Waals surface area contributed by atoms with Crippen molar-refractivity contribution >= 4 is 11.4 Å². The molecule has 0 heterocycles. The van der Waals surface area contributed by atoms with E-state index in [9.17, 15) is 4.39 Å². The lowest BCUT2D eigenvalue weighted by molar-refractivity contribution is 0.231. The highest BCUT2D eigenvalue weighted by atomic mass is 19.1. The smallest absolute Gasteiger partial charge is 0.167 e. The molecule has 0 aliphatic heterocycles. The molecule has 1 atom stereocenters. The number of ether oxygens (including phenoxy) is 1. The SMILES string of the molecule is CCN(CC(C)C#N)c1cc(OC(C)C)c(F)cc1N. The van der Waals surface area contributed by atoms with Crippen LogP contribution < -0.4 is 15.4 Å². The first kappa shape index (κ1) is 16.1. The monoisotopic (exact) mass is 279 g/mol. The van der Waals surface area contributed by atoms with Crippen molar-refractivity contribution in [3.8, 4) is 11.8 Å². The molecule has 4 nitrogen and oxygen atoms in total. The third kappa shape index (κ3) is 4.02. The number of nitrogens with zero attached hydrogens (tertiary/aromatic N) is 2. The molecule has 1 rings (SSSR count). The van der Waals surface area contributed by atoms with Crippen LogP contribution in [0.4, 0.5) is 15.8 Å². The Kier molecular flexibility index (Phi) is 5.63. The van der Waals surface area contributed by atoms with Crippen molar-refractivity contribution in [1.29, 1.82) is 5.26 Å². The van der Waals surface area contributed by atoms with Crippen LogP contribution in [-0.4, -0.2) is 19.2 Å². The summed E-state index contributed by atoms with van der Waals surface area (Å²) in [7, 11) is 0. The van der Waals surface area contributed by atoms with Gasteiger partial charge in [0.1, 0.15) is 0 Å². The Morgan fingerprint density at radius 2 is 2.05 bits per heavy atom. The molecule has 0 aliphatic rings. The van der Waals surface area contributed by atoms with Crippen LogP contribution in [0.25, 0.3) is 0 Å². The zero-order valence-electron chi connectivity index (χ0n) is 12.5. The summed E-state index contributed by atoms with van der Waals surface area (Å²) in [4.78, 5) is 1.95. The average molecular weight is 279 g/mol. The molecular formula is C15H22FN3O. The molecule has 0 saturated carbocycles. The molecule has 0 bridgehead atoms. The normalized spacial score (nSPS) is 12.1. The maximum atomic E-state index is 13.8. The number of nitrogen functional groups attached to an aromatic ring is 1. The zero-order valence-corrected chi connectivity index (χ0v) is 12.5. The first-order valence-electron chi connectivity index (χ1n) is 6.79. The fourth-order valence-electron chi connectivity index (χ4n) is 1.95. The molecule has 0 fully saturated rings. The first-order valence-corrected chi connectivity index (χ1v) is 6.79. The summed E-state index contributed by atoms with van der Waals surface area (Å²) < 4.78 is 19.3. The standard InChI is InChI=1S/C15H22FN3O/c1-5-19(9-11(4)8-17)14-7-15(20-10(2)3)12(16)6-13(14)18/h6-7,10-11H,5,9,18H2,1-4H3. The van der Waals surface area contributed by atoms with Crippen LogP contribution in [-0.2, 0) is 0 Å². The van der Waals surface area contributed by atoms with E-state index in [1.165, 1.54) is 6.07 Å². The number of hydrogen-bond acceptors (Lipinski definition) is 4. The summed E-state index contributed by atoms with van der Waals surface area (Å²) in [6.45, 7) is 8.71. The quantitative estimate of drug-likeness (QED) is 0.812. The maximum absolute atomic E-state index is 13.8. The Balaban J connectivity index is 3.11. The van der Waals surface area contributed by atoms with Gasteiger partial charge in [0, 0.05) is 25.2 Å². The van der Waals surface area contributed by atoms with E-state index < -0.39 is 5.82 Å². The molecule has 110 valence electrons. The molecule has 5 heteroatoms. The summed E-state index contributed by atoms with van der Waals surface area (Å²) in [6.07, 6.45) is -0.117. The van der Waals surface area contributed by atoms with E-state index >= 15 is 0 Å². The molecular weight excluding hydrogens is 257 g/mol. The number of anilines is 2. The van der Waals surface area contributed by atoms with E-state index in [0.29, 0.717) is 24.5 Å². The van der Waals surface area contributed by atoms with Gasteiger partial charge in [-0.05, 0) is 27.7 Å². The van der Waals surface area contributed by atoms with Crippen molar-refractivity contribution < 1.29 is 9.13 Å². The van der Waals surface area contributed by atoms with Crippen molar-refractivity contribution in [2.75, 3.05) is 23.7 Å². The second-order valence-electron chi connectivity index (χ2n) is 5.08.